The monoisotopic (exact) mass is 581 g/mol. The summed E-state index contributed by atoms with van der Waals surface area (Å²) >= 11 is -1.96. The minimum atomic E-state index is -7.62. The highest BCUT2D eigenvalue weighted by atomic mass is 32.2. The molecule has 0 heterocycles. The lowest BCUT2D eigenvalue weighted by atomic mass is 9.50. The van der Waals surface area contributed by atoms with Crippen molar-refractivity contribution in [3.8, 4) is 0 Å². The first-order valence-electron chi connectivity index (χ1n) is 10.7. The van der Waals surface area contributed by atoms with Gasteiger partial charge in [-0.2, -0.15) is 43.8 Å². The summed E-state index contributed by atoms with van der Waals surface area (Å²) in [6, 6.07) is 0. The summed E-state index contributed by atoms with van der Waals surface area (Å²) in [5, 5.41) is 6.34. The van der Waals surface area contributed by atoms with Crippen LogP contribution < -0.4 is 5.26 Å². The van der Waals surface area contributed by atoms with Crippen molar-refractivity contribution < 1.29 is 77.6 Å². The van der Waals surface area contributed by atoms with Gasteiger partial charge in [-0.3, -0.25) is 5.04 Å². The average molecular weight is 581 g/mol. The van der Waals surface area contributed by atoms with E-state index in [1.165, 1.54) is 0 Å². The molecule has 0 saturated heterocycles. The van der Waals surface area contributed by atoms with E-state index in [2.05, 4.69) is 14.1 Å². The second kappa shape index (κ2) is 9.89. The van der Waals surface area contributed by atoms with E-state index >= 15 is 0 Å². The predicted octanol–water partition coefficient (Wildman–Crippen LogP) is 4.29. The van der Waals surface area contributed by atoms with Crippen LogP contribution in [0.1, 0.15) is 38.5 Å². The van der Waals surface area contributed by atoms with Crippen LogP contribution >= 0.6 is 12.0 Å². The van der Waals surface area contributed by atoms with Gasteiger partial charge in [0.25, 0.3) is 0 Å². The topological polar surface area (TPSA) is 94.1 Å². The molecule has 1 unspecified atom stereocenters. The second-order valence-electron chi connectivity index (χ2n) is 9.69. The normalized spacial score (nSPS) is 29.6. The fraction of sp³-hybridized carbons (Fsp3) is 0.895. The number of hydrogen-bond acceptors (Lipinski definition) is 8. The van der Waals surface area contributed by atoms with Crippen molar-refractivity contribution in [2.75, 3.05) is 13.2 Å². The minimum Gasteiger partial charge on any atom is -0.691 e. The Morgan fingerprint density at radius 1 is 0.784 bits per heavy atom. The minimum absolute atomic E-state index is 0.179. The number of halogens is 10. The van der Waals surface area contributed by atoms with Crippen LogP contribution in [-0.4, -0.2) is 54.1 Å². The van der Waals surface area contributed by atoms with Gasteiger partial charge < -0.3 is 14.7 Å². The van der Waals surface area contributed by atoms with Gasteiger partial charge in [-0.15, -0.1) is 0 Å². The molecule has 0 N–H and O–H groups in total. The Morgan fingerprint density at radius 3 is 1.70 bits per heavy atom. The number of esters is 2. The van der Waals surface area contributed by atoms with Gasteiger partial charge in [0.2, 0.25) is 0 Å². The number of carbonyl (C=O) groups is 2. The lowest BCUT2D eigenvalue weighted by Gasteiger charge is -2.56. The molecule has 1 atom stereocenters. The molecule has 7 nitrogen and oxygen atoms in total. The van der Waals surface area contributed by atoms with E-state index in [-0.39, 0.29) is 12.0 Å². The van der Waals surface area contributed by atoms with Crippen LogP contribution in [0, 0.1) is 23.2 Å². The van der Waals surface area contributed by atoms with Crippen LogP contribution in [-0.2, 0) is 28.4 Å². The molecule has 4 rings (SSSR count). The van der Waals surface area contributed by atoms with Crippen molar-refractivity contribution in [2.45, 2.75) is 67.5 Å². The molecule has 4 aliphatic carbocycles. The summed E-state index contributed by atoms with van der Waals surface area (Å²) in [7, 11) is 0. The molecule has 0 aromatic rings. The van der Waals surface area contributed by atoms with Gasteiger partial charge in [-0.25, -0.2) is 14.0 Å². The Labute approximate surface area is 206 Å². The lowest BCUT2D eigenvalue weighted by Crippen LogP contribution is -2.68. The van der Waals surface area contributed by atoms with Crippen LogP contribution in [0.5, 0.6) is 0 Å². The summed E-state index contributed by atoms with van der Waals surface area (Å²) < 4.78 is 146. The van der Waals surface area contributed by atoms with E-state index in [1.807, 2.05) is 0 Å². The van der Waals surface area contributed by atoms with Crippen LogP contribution in [0.25, 0.3) is 0 Å². The van der Waals surface area contributed by atoms with Gasteiger partial charge in [0.05, 0.1) is 18.6 Å². The molecule has 0 radical (unpaired) electrons. The number of ether oxygens (including phenoxy) is 2. The molecule has 4 saturated carbocycles. The van der Waals surface area contributed by atoms with Crippen molar-refractivity contribution in [3.05, 3.63) is 0 Å². The van der Waals surface area contributed by atoms with Gasteiger partial charge >= 0.3 is 40.9 Å². The zero-order valence-corrected chi connectivity index (χ0v) is 19.3. The molecule has 0 amide bonds. The first-order chi connectivity index (χ1) is 16.8. The molecule has 4 fully saturated rings. The van der Waals surface area contributed by atoms with E-state index < -0.39 is 59.5 Å². The molecule has 18 heteroatoms. The van der Waals surface area contributed by atoms with Crippen molar-refractivity contribution >= 4 is 24.0 Å². The standard InChI is InChI=1S/C19H20F10O7S/c20-15(37-36-35-32,16(21,22)17(23,24)18(25,26)19(27,28)29)13(31)33-7-12(30)34-8-14-4-9-1-10(5-14)3-11(2-9)6-14/h9-11,32H,1-8H2/p-1. The first kappa shape index (κ1) is 30.0. The fourth-order valence-corrected chi connectivity index (χ4v) is 6.29. The zero-order valence-electron chi connectivity index (χ0n) is 18.4. The van der Waals surface area contributed by atoms with Gasteiger partial charge in [0, 0.05) is 5.41 Å². The smallest absolute Gasteiger partial charge is 0.460 e. The van der Waals surface area contributed by atoms with Crippen molar-refractivity contribution in [2.24, 2.45) is 23.2 Å². The molecule has 0 aliphatic heterocycles. The van der Waals surface area contributed by atoms with E-state index in [1.54, 1.807) is 0 Å². The largest absolute Gasteiger partial charge is 0.691 e. The summed E-state index contributed by atoms with van der Waals surface area (Å²) in [5.41, 5.74) is -0.383. The Morgan fingerprint density at radius 2 is 1.27 bits per heavy atom. The van der Waals surface area contributed by atoms with Crippen LogP contribution in [0.15, 0.2) is 0 Å². The highest BCUT2D eigenvalue weighted by Gasteiger charge is 2.88. The molecule has 0 spiro atoms. The Hall–Kier alpha value is -1.53. The number of alkyl halides is 10. The Bertz CT molecular complexity index is 848. The van der Waals surface area contributed by atoms with Crippen molar-refractivity contribution in [3.63, 3.8) is 0 Å². The summed E-state index contributed by atoms with van der Waals surface area (Å²) in [5.74, 6) is -25.9. The third-order valence-corrected chi connectivity index (χ3v) is 7.79. The molecular weight excluding hydrogens is 562 g/mol. The van der Waals surface area contributed by atoms with Crippen LogP contribution in [0.3, 0.4) is 0 Å². The molecule has 37 heavy (non-hydrogen) atoms. The highest BCUT2D eigenvalue weighted by molar-refractivity contribution is 7.96. The van der Waals surface area contributed by atoms with Crippen LogP contribution in [0.2, 0.25) is 0 Å². The fourth-order valence-electron chi connectivity index (χ4n) is 5.81. The number of carbonyl (C=O) groups excluding carboxylic acids is 2. The SMILES string of the molecule is O=C(COC(=O)C(F)(SOO[O-])C(F)(F)C(F)(F)C(F)(F)C(F)(F)F)OCC12CC3CC(CC(C3)C1)C2. The van der Waals surface area contributed by atoms with Crippen molar-refractivity contribution in [1.29, 1.82) is 0 Å². The van der Waals surface area contributed by atoms with Crippen LogP contribution in [0.4, 0.5) is 43.9 Å². The zero-order chi connectivity index (χ0) is 28.1. The van der Waals surface area contributed by atoms with Gasteiger partial charge in [-0.05, 0) is 56.3 Å². The molecule has 0 aromatic carbocycles. The van der Waals surface area contributed by atoms with E-state index in [4.69, 9.17) is 4.74 Å². The Balaban J connectivity index is 1.68. The highest BCUT2D eigenvalue weighted by Crippen LogP contribution is 2.61. The number of rotatable bonds is 11. The predicted molar refractivity (Wildman–Crippen MR) is 97.0 cm³/mol. The number of hydrogen-bond donors (Lipinski definition) is 0. The van der Waals surface area contributed by atoms with Gasteiger partial charge in [0.1, 0.15) is 0 Å². The molecular formula is C19H19F10O7S-. The summed E-state index contributed by atoms with van der Waals surface area (Å²) in [6.45, 7) is -1.88. The maximum Gasteiger partial charge on any atom is 0.460 e. The second-order valence-corrected chi connectivity index (χ2v) is 10.6. The molecule has 4 bridgehead atoms. The quantitative estimate of drug-likeness (QED) is 0.117. The third kappa shape index (κ3) is 5.22. The van der Waals surface area contributed by atoms with Gasteiger partial charge in [0.15, 0.2) is 6.61 Å². The average Bonchev–Trinajstić information content (AvgIpc) is 2.77. The Kier molecular flexibility index (Phi) is 8.03. The third-order valence-electron chi connectivity index (χ3n) is 7.01. The maximum atomic E-state index is 14.8. The molecule has 214 valence electrons. The van der Waals surface area contributed by atoms with Crippen molar-refractivity contribution in [1.82, 2.24) is 0 Å². The van der Waals surface area contributed by atoms with Gasteiger partial charge in [-0.1, -0.05) is 0 Å². The summed E-state index contributed by atoms with van der Waals surface area (Å²) in [6.07, 6.45) is -2.04. The first-order valence-corrected chi connectivity index (χ1v) is 11.4. The van der Waals surface area contributed by atoms with E-state index in [9.17, 15) is 58.8 Å². The molecule has 0 aromatic heterocycles. The summed E-state index contributed by atoms with van der Waals surface area (Å²) in [4.78, 5) is 23.8. The molecule has 4 aliphatic rings. The van der Waals surface area contributed by atoms with E-state index in [0.717, 1.165) is 38.5 Å². The lowest BCUT2D eigenvalue weighted by molar-refractivity contribution is -0.777. The van der Waals surface area contributed by atoms with E-state index in [0.29, 0.717) is 17.8 Å². The maximum absolute atomic E-state index is 14.8.